The van der Waals surface area contributed by atoms with E-state index in [0.29, 0.717) is 6.42 Å². The molecule has 0 aliphatic rings. The topological polar surface area (TPSA) is 17.1 Å². The molecule has 0 spiro atoms. The van der Waals surface area contributed by atoms with Crippen molar-refractivity contribution in [2.75, 3.05) is 0 Å². The number of ketones is 1. The molecule has 0 N–H and O–H groups in total. The zero-order valence-corrected chi connectivity index (χ0v) is 10.6. The smallest absolute Gasteiger partial charge is 0.163 e. The minimum absolute atomic E-state index is 0.277. The van der Waals surface area contributed by atoms with E-state index in [2.05, 4.69) is 24.3 Å². The van der Waals surface area contributed by atoms with Gasteiger partial charge in [-0.15, -0.1) is 0 Å². The molecule has 0 saturated heterocycles. The number of carbonyl (C=O) groups excluding carboxylic acids is 1. The third-order valence-corrected chi connectivity index (χ3v) is 3.49. The molecule has 0 saturated carbocycles. The van der Waals surface area contributed by atoms with E-state index < -0.39 is 0 Å². The third kappa shape index (κ3) is 3.82. The third-order valence-electron chi connectivity index (χ3n) is 2.81. The summed E-state index contributed by atoms with van der Waals surface area (Å²) in [6.07, 6.45) is 3.80. The van der Waals surface area contributed by atoms with E-state index in [4.69, 9.17) is 0 Å². The highest BCUT2D eigenvalue weighted by Crippen LogP contribution is 2.12. The molecule has 0 amide bonds. The van der Waals surface area contributed by atoms with Crippen molar-refractivity contribution in [3.05, 3.63) is 58.3 Å². The normalized spacial score (nSPS) is 10.4. The highest BCUT2D eigenvalue weighted by atomic mass is 32.1. The van der Waals surface area contributed by atoms with Crippen molar-refractivity contribution in [3.63, 3.8) is 0 Å². The van der Waals surface area contributed by atoms with E-state index in [9.17, 15) is 4.79 Å². The SMILES string of the molecule is O=C(CCCCc1ccccc1)c1ccsc1. The van der Waals surface area contributed by atoms with Gasteiger partial charge in [-0.3, -0.25) is 4.79 Å². The summed E-state index contributed by atoms with van der Waals surface area (Å²) < 4.78 is 0. The molecule has 1 aromatic carbocycles. The van der Waals surface area contributed by atoms with E-state index >= 15 is 0 Å². The molecule has 0 aliphatic heterocycles. The van der Waals surface area contributed by atoms with Gasteiger partial charge in [0.05, 0.1) is 0 Å². The number of carbonyl (C=O) groups is 1. The Morgan fingerprint density at radius 3 is 2.59 bits per heavy atom. The van der Waals surface area contributed by atoms with Crippen molar-refractivity contribution < 1.29 is 4.79 Å². The number of aryl methyl sites for hydroxylation is 1. The lowest BCUT2D eigenvalue weighted by Crippen LogP contribution is -1.97. The largest absolute Gasteiger partial charge is 0.294 e. The van der Waals surface area contributed by atoms with Crippen LogP contribution in [0.1, 0.15) is 35.2 Å². The lowest BCUT2D eigenvalue weighted by atomic mass is 10.0. The maximum atomic E-state index is 11.7. The first kappa shape index (κ1) is 12.1. The standard InChI is InChI=1S/C15H16OS/c16-15(14-10-11-17-12-14)9-5-4-8-13-6-2-1-3-7-13/h1-3,6-7,10-12H,4-5,8-9H2. The molecule has 0 atom stereocenters. The molecule has 2 aromatic rings. The molecular weight excluding hydrogens is 228 g/mol. The fourth-order valence-corrected chi connectivity index (χ4v) is 2.49. The minimum Gasteiger partial charge on any atom is -0.294 e. The first-order chi connectivity index (χ1) is 8.36. The molecule has 0 fully saturated rings. The Kier molecular flexibility index (Phi) is 4.51. The number of hydrogen-bond acceptors (Lipinski definition) is 2. The zero-order chi connectivity index (χ0) is 11.9. The average Bonchev–Trinajstić information content (AvgIpc) is 2.89. The van der Waals surface area contributed by atoms with Gasteiger partial charge < -0.3 is 0 Å². The Labute approximate surface area is 106 Å². The minimum atomic E-state index is 0.277. The van der Waals surface area contributed by atoms with Crippen molar-refractivity contribution in [3.8, 4) is 0 Å². The highest BCUT2D eigenvalue weighted by molar-refractivity contribution is 7.08. The first-order valence-corrected chi connectivity index (χ1v) is 6.90. The summed E-state index contributed by atoms with van der Waals surface area (Å²) in [6.45, 7) is 0. The Bertz CT molecular complexity index is 445. The van der Waals surface area contributed by atoms with E-state index in [1.165, 1.54) is 5.56 Å². The van der Waals surface area contributed by atoms with Gasteiger partial charge in [0.2, 0.25) is 0 Å². The van der Waals surface area contributed by atoms with Gasteiger partial charge in [-0.25, -0.2) is 0 Å². The fraction of sp³-hybridized carbons (Fsp3) is 0.267. The quantitative estimate of drug-likeness (QED) is 0.545. The fourth-order valence-electron chi connectivity index (χ4n) is 1.83. The predicted octanol–water partition coefficient (Wildman–Crippen LogP) is 4.34. The van der Waals surface area contributed by atoms with Crippen LogP contribution in [0, 0.1) is 0 Å². The van der Waals surface area contributed by atoms with Crippen LogP contribution in [0.15, 0.2) is 47.2 Å². The summed E-state index contributed by atoms with van der Waals surface area (Å²) >= 11 is 1.58. The van der Waals surface area contributed by atoms with Crippen molar-refractivity contribution in [1.29, 1.82) is 0 Å². The average molecular weight is 244 g/mol. The van der Waals surface area contributed by atoms with Gasteiger partial charge in [-0.05, 0) is 36.3 Å². The van der Waals surface area contributed by atoms with Crippen LogP contribution in [0.2, 0.25) is 0 Å². The van der Waals surface area contributed by atoms with Crippen LogP contribution in [0.5, 0.6) is 0 Å². The van der Waals surface area contributed by atoms with Crippen LogP contribution >= 0.6 is 11.3 Å². The molecule has 2 heteroatoms. The summed E-state index contributed by atoms with van der Waals surface area (Å²) in [5.41, 5.74) is 2.23. The van der Waals surface area contributed by atoms with Crippen LogP contribution < -0.4 is 0 Å². The van der Waals surface area contributed by atoms with Gasteiger partial charge in [-0.1, -0.05) is 30.3 Å². The van der Waals surface area contributed by atoms with Gasteiger partial charge in [-0.2, -0.15) is 11.3 Å². The molecule has 88 valence electrons. The number of benzene rings is 1. The van der Waals surface area contributed by atoms with Crippen LogP contribution in [0.25, 0.3) is 0 Å². The van der Waals surface area contributed by atoms with Gasteiger partial charge in [0.15, 0.2) is 5.78 Å². The van der Waals surface area contributed by atoms with Crippen LogP contribution in [0.3, 0.4) is 0 Å². The maximum absolute atomic E-state index is 11.7. The summed E-state index contributed by atoms with van der Waals surface area (Å²) in [7, 11) is 0. The van der Waals surface area contributed by atoms with Crippen LogP contribution in [-0.2, 0) is 6.42 Å². The highest BCUT2D eigenvalue weighted by Gasteiger charge is 2.05. The van der Waals surface area contributed by atoms with Crippen LogP contribution in [-0.4, -0.2) is 5.78 Å². The Hall–Kier alpha value is -1.41. The van der Waals surface area contributed by atoms with Crippen LogP contribution in [0.4, 0.5) is 0 Å². The van der Waals surface area contributed by atoms with E-state index in [1.54, 1.807) is 11.3 Å². The predicted molar refractivity (Wildman–Crippen MR) is 72.6 cm³/mol. The molecule has 0 bridgehead atoms. The Morgan fingerprint density at radius 2 is 1.88 bits per heavy atom. The second kappa shape index (κ2) is 6.36. The van der Waals surface area contributed by atoms with Gasteiger partial charge in [0.1, 0.15) is 0 Å². The van der Waals surface area contributed by atoms with E-state index in [1.807, 2.05) is 22.9 Å². The van der Waals surface area contributed by atoms with Gasteiger partial charge in [0, 0.05) is 17.4 Å². The lowest BCUT2D eigenvalue weighted by molar-refractivity contribution is 0.0980. The molecule has 17 heavy (non-hydrogen) atoms. The number of Topliss-reactive ketones (excluding diaryl/α,β-unsaturated/α-hetero) is 1. The molecule has 0 aliphatic carbocycles. The Balaban J connectivity index is 1.69. The summed E-state index contributed by atoms with van der Waals surface area (Å²) in [4.78, 5) is 11.7. The van der Waals surface area contributed by atoms with Gasteiger partial charge >= 0.3 is 0 Å². The van der Waals surface area contributed by atoms with E-state index in [0.717, 1.165) is 24.8 Å². The molecule has 0 unspecified atom stereocenters. The first-order valence-electron chi connectivity index (χ1n) is 5.95. The zero-order valence-electron chi connectivity index (χ0n) is 9.76. The summed E-state index contributed by atoms with van der Waals surface area (Å²) in [5.74, 6) is 0.277. The van der Waals surface area contributed by atoms with Crippen molar-refractivity contribution in [2.45, 2.75) is 25.7 Å². The molecule has 1 heterocycles. The summed E-state index contributed by atoms with van der Waals surface area (Å²) in [6, 6.07) is 12.3. The Morgan fingerprint density at radius 1 is 1.06 bits per heavy atom. The second-order valence-corrected chi connectivity index (χ2v) is 4.91. The number of rotatable bonds is 6. The molecule has 1 nitrogen and oxygen atoms in total. The molecule has 1 aromatic heterocycles. The number of thiophene rings is 1. The number of unbranched alkanes of at least 4 members (excludes halogenated alkanes) is 1. The van der Waals surface area contributed by atoms with Crippen molar-refractivity contribution >= 4 is 17.1 Å². The van der Waals surface area contributed by atoms with Crippen molar-refractivity contribution in [1.82, 2.24) is 0 Å². The number of hydrogen-bond donors (Lipinski definition) is 0. The second-order valence-electron chi connectivity index (χ2n) is 4.13. The van der Waals surface area contributed by atoms with Gasteiger partial charge in [0.25, 0.3) is 0 Å². The van der Waals surface area contributed by atoms with E-state index in [-0.39, 0.29) is 5.78 Å². The lowest BCUT2D eigenvalue weighted by Gasteiger charge is -2.00. The molecule has 0 radical (unpaired) electrons. The maximum Gasteiger partial charge on any atom is 0.163 e. The molecular formula is C15H16OS. The summed E-state index contributed by atoms with van der Waals surface area (Å²) in [5, 5.41) is 3.89. The molecule has 2 rings (SSSR count). The van der Waals surface area contributed by atoms with Crippen molar-refractivity contribution in [2.24, 2.45) is 0 Å². The monoisotopic (exact) mass is 244 g/mol.